The summed E-state index contributed by atoms with van der Waals surface area (Å²) in [4.78, 5) is 0. The standard InChI is InChI=1S/2C11H17.Ti.2H/c2*1-6-11(5)7-8(2)9(3)10(11)4;;;/h2*6H2,1-5H3;;;/q;;+2;2*-1. The molecule has 0 nitrogen and oxygen atoms in total. The van der Waals surface area contributed by atoms with Gasteiger partial charge >= 0.3 is 153 Å². The van der Waals surface area contributed by atoms with Crippen molar-refractivity contribution >= 4 is 0 Å². The minimum Gasteiger partial charge on any atom is -1.00 e. The van der Waals surface area contributed by atoms with Crippen molar-refractivity contribution in [3.63, 3.8) is 0 Å². The molecule has 0 heterocycles. The summed E-state index contributed by atoms with van der Waals surface area (Å²) in [6.07, 6.45) is 2.46. The third-order valence-electron chi connectivity index (χ3n) is 7.42. The van der Waals surface area contributed by atoms with Crippen molar-refractivity contribution in [1.82, 2.24) is 0 Å². The van der Waals surface area contributed by atoms with Gasteiger partial charge in [-0.15, -0.1) is 0 Å². The van der Waals surface area contributed by atoms with E-state index in [1.165, 1.54) is 12.8 Å². The Morgan fingerprint density at radius 1 is 0.652 bits per heavy atom. The van der Waals surface area contributed by atoms with Crippen LogP contribution in [0.25, 0.3) is 0 Å². The fourth-order valence-corrected chi connectivity index (χ4v) is 8.00. The first-order valence-electron chi connectivity index (χ1n) is 9.12. The van der Waals surface area contributed by atoms with Crippen LogP contribution in [0.15, 0.2) is 41.2 Å². The van der Waals surface area contributed by atoms with E-state index in [1.807, 2.05) is 0 Å². The van der Waals surface area contributed by atoms with Gasteiger partial charge in [0, 0.05) is 0 Å². The van der Waals surface area contributed by atoms with Gasteiger partial charge in [0.25, 0.3) is 0 Å². The van der Waals surface area contributed by atoms with Crippen molar-refractivity contribution in [1.29, 1.82) is 0 Å². The molecule has 0 aromatic carbocycles. The predicted octanol–water partition coefficient (Wildman–Crippen LogP) is 7.37. The molecule has 0 radical (unpaired) electrons. The maximum Gasteiger partial charge on any atom is -1.00 e. The normalized spacial score (nSPS) is 31.7. The third kappa shape index (κ3) is 2.52. The Morgan fingerprint density at radius 3 is 1.22 bits per heavy atom. The van der Waals surface area contributed by atoms with Crippen LogP contribution in [0.2, 0.25) is 0 Å². The molecule has 1 heteroatoms. The molecule has 128 valence electrons. The molecule has 2 aliphatic carbocycles. The Kier molecular flexibility index (Phi) is 5.12. The predicted molar refractivity (Wildman–Crippen MR) is 101 cm³/mol. The molecule has 0 N–H and O–H groups in total. The molecular formula is C22H36Ti. The van der Waals surface area contributed by atoms with Crippen LogP contribution < -0.4 is 0 Å². The van der Waals surface area contributed by atoms with Crippen LogP contribution in [-0.4, -0.2) is 0 Å². The largest absolute Gasteiger partial charge is 1.00 e. The monoisotopic (exact) mass is 348 g/mol. The van der Waals surface area contributed by atoms with Crippen LogP contribution in [0.4, 0.5) is 0 Å². The van der Waals surface area contributed by atoms with E-state index in [9.17, 15) is 0 Å². The first-order valence-corrected chi connectivity index (χ1v) is 10.7. The second kappa shape index (κ2) is 6.19. The van der Waals surface area contributed by atoms with E-state index in [0.717, 1.165) is 0 Å². The molecule has 0 fully saturated rings. The number of rotatable bonds is 4. The van der Waals surface area contributed by atoms with E-state index >= 15 is 0 Å². The van der Waals surface area contributed by atoms with Crippen LogP contribution in [0.3, 0.4) is 0 Å². The molecule has 23 heavy (non-hydrogen) atoms. The van der Waals surface area contributed by atoms with Crippen molar-refractivity contribution < 1.29 is 22.0 Å². The van der Waals surface area contributed by atoms with Crippen molar-refractivity contribution in [2.75, 3.05) is 0 Å². The Labute approximate surface area is 156 Å². The van der Waals surface area contributed by atoms with Crippen LogP contribution >= 0.6 is 0 Å². The summed E-state index contributed by atoms with van der Waals surface area (Å²) < 4.78 is 3.60. The Balaban J connectivity index is 0.00000288. The molecule has 0 spiro atoms. The molecular weight excluding hydrogens is 312 g/mol. The number of hydrogen-bond acceptors (Lipinski definition) is 0. The zero-order valence-electron chi connectivity index (χ0n) is 18.9. The van der Waals surface area contributed by atoms with Crippen molar-refractivity contribution in [2.24, 2.45) is 10.8 Å². The minimum absolute atomic E-state index is 0. The zero-order chi connectivity index (χ0) is 17.7. The molecule has 0 saturated heterocycles. The molecule has 2 unspecified atom stereocenters. The number of hydrogen-bond donors (Lipinski definition) is 0. The van der Waals surface area contributed by atoms with E-state index in [4.69, 9.17) is 0 Å². The molecule has 0 amide bonds. The molecule has 2 aliphatic rings. The van der Waals surface area contributed by atoms with Gasteiger partial charge in [0.1, 0.15) is 0 Å². The second-order valence-corrected chi connectivity index (χ2v) is 9.95. The SMILES string of the molecule is CCC1(C)C(C)=C(C)C(C)=[C]1[Ti+2][C]1=C(C)C(C)=C(C)C1(C)CC.[H-].[H-]. The molecule has 2 rings (SSSR count). The van der Waals surface area contributed by atoms with Gasteiger partial charge in [-0.3, -0.25) is 0 Å². The summed E-state index contributed by atoms with van der Waals surface area (Å²) in [7, 11) is 0. The van der Waals surface area contributed by atoms with Crippen molar-refractivity contribution in [2.45, 2.75) is 82.1 Å². The average molecular weight is 348 g/mol. The molecule has 0 aromatic heterocycles. The molecule has 0 aliphatic heterocycles. The quantitative estimate of drug-likeness (QED) is 0.465. The van der Waals surface area contributed by atoms with Gasteiger partial charge in [-0.1, -0.05) is 0 Å². The van der Waals surface area contributed by atoms with Crippen LogP contribution in [0, 0.1) is 10.8 Å². The van der Waals surface area contributed by atoms with Gasteiger partial charge in [0.2, 0.25) is 0 Å². The maximum atomic E-state index is 2.49. The molecule has 0 saturated carbocycles. The Bertz CT molecular complexity index is 620. The molecule has 0 aromatic rings. The summed E-state index contributed by atoms with van der Waals surface area (Å²) in [5.74, 6) is 0. The van der Waals surface area contributed by atoms with Gasteiger partial charge in [-0.2, -0.15) is 0 Å². The third-order valence-corrected chi connectivity index (χ3v) is 11.1. The summed E-state index contributed by atoms with van der Waals surface area (Å²) in [6.45, 7) is 23.9. The van der Waals surface area contributed by atoms with Gasteiger partial charge in [0.05, 0.1) is 0 Å². The summed E-state index contributed by atoms with van der Waals surface area (Å²) in [5, 5.41) is 0. The average Bonchev–Trinajstić information content (AvgIpc) is 2.81. The van der Waals surface area contributed by atoms with E-state index < -0.39 is 0 Å². The topological polar surface area (TPSA) is 0 Å². The summed E-state index contributed by atoms with van der Waals surface area (Å²) in [6, 6.07) is 0. The van der Waals surface area contributed by atoms with E-state index in [0.29, 0.717) is 10.8 Å². The van der Waals surface area contributed by atoms with Gasteiger partial charge in [-0.05, 0) is 0 Å². The summed E-state index contributed by atoms with van der Waals surface area (Å²) >= 11 is -0.256. The van der Waals surface area contributed by atoms with E-state index in [1.54, 1.807) is 41.2 Å². The smallest absolute Gasteiger partial charge is 1.00 e. The number of allylic oxidation sites excluding steroid dienone is 8. The van der Waals surface area contributed by atoms with Crippen LogP contribution in [0.1, 0.15) is 84.9 Å². The first kappa shape index (κ1) is 19.0. The maximum absolute atomic E-state index is 2.49. The minimum atomic E-state index is -0.256. The van der Waals surface area contributed by atoms with E-state index in [2.05, 4.69) is 69.2 Å². The zero-order valence-corrected chi connectivity index (χ0v) is 18.5. The van der Waals surface area contributed by atoms with Crippen molar-refractivity contribution in [3.8, 4) is 0 Å². The van der Waals surface area contributed by atoms with Crippen molar-refractivity contribution in [3.05, 3.63) is 41.2 Å². The summed E-state index contributed by atoms with van der Waals surface area (Å²) in [5.41, 5.74) is 10.2. The Morgan fingerprint density at radius 2 is 0.957 bits per heavy atom. The fourth-order valence-electron chi connectivity index (χ4n) is 4.44. The molecule has 0 bridgehead atoms. The van der Waals surface area contributed by atoms with E-state index in [-0.39, 0.29) is 22.0 Å². The van der Waals surface area contributed by atoms with Gasteiger partial charge < -0.3 is 2.85 Å². The van der Waals surface area contributed by atoms with Gasteiger partial charge in [-0.25, -0.2) is 0 Å². The van der Waals surface area contributed by atoms with Crippen LogP contribution in [0.5, 0.6) is 0 Å². The fraction of sp³-hybridized carbons (Fsp3) is 0.636. The van der Waals surface area contributed by atoms with Crippen LogP contribution in [-0.2, 0) is 19.2 Å². The first-order chi connectivity index (χ1) is 10.6. The van der Waals surface area contributed by atoms with Gasteiger partial charge in [0.15, 0.2) is 0 Å². The Hall–Kier alpha value is -0.326. The molecule has 2 atom stereocenters. The second-order valence-electron chi connectivity index (χ2n) is 8.00.